The third-order valence-corrected chi connectivity index (χ3v) is 6.06. The molecule has 0 aliphatic carbocycles. The van der Waals surface area contributed by atoms with Crippen LogP contribution in [-0.2, 0) is 17.8 Å². The minimum absolute atomic E-state index is 0.0596. The van der Waals surface area contributed by atoms with Crippen LogP contribution in [0.15, 0.2) is 36.7 Å². The fraction of sp³-hybridized carbons (Fsp3) is 0.478. The summed E-state index contributed by atoms with van der Waals surface area (Å²) in [6.07, 6.45) is 2.48. The highest BCUT2D eigenvalue weighted by Crippen LogP contribution is 2.18. The Morgan fingerprint density at radius 2 is 2.03 bits per heavy atom. The number of likely N-dealkylation sites (tertiary alicyclic amines) is 1. The van der Waals surface area contributed by atoms with Crippen molar-refractivity contribution in [3.63, 3.8) is 0 Å². The number of carbonyl (C=O) groups is 2. The Hall–Kier alpha value is -3.04. The summed E-state index contributed by atoms with van der Waals surface area (Å²) in [7, 11) is 0. The number of nitrogens with one attached hydrogen (secondary N) is 2. The van der Waals surface area contributed by atoms with Gasteiger partial charge in [-0.25, -0.2) is 9.97 Å². The highest BCUT2D eigenvalue weighted by molar-refractivity contribution is 5.92. The van der Waals surface area contributed by atoms with E-state index in [1.165, 1.54) is 17.5 Å². The topological polar surface area (TPSA) is 111 Å². The fourth-order valence-corrected chi connectivity index (χ4v) is 4.31. The summed E-state index contributed by atoms with van der Waals surface area (Å²) < 4.78 is 0. The van der Waals surface area contributed by atoms with Crippen molar-refractivity contribution in [1.82, 2.24) is 25.1 Å². The standard InChI is InChI=1S/C23H30N6O3/c1-16(30)29-9-7-19(13-29)27-22-10-21(25-15-26-22)23(32)24-11-20(31)14-28-8-6-17-4-2-3-5-18(17)12-28/h2-5,10,15,19-20,31H,6-9,11-14H2,1H3,(H,24,32)(H,25,26,27). The van der Waals surface area contributed by atoms with Crippen LogP contribution >= 0.6 is 0 Å². The molecule has 2 amide bonds. The van der Waals surface area contributed by atoms with E-state index in [1.54, 1.807) is 17.9 Å². The summed E-state index contributed by atoms with van der Waals surface area (Å²) in [4.78, 5) is 36.3. The molecule has 3 heterocycles. The van der Waals surface area contributed by atoms with E-state index >= 15 is 0 Å². The Morgan fingerprint density at radius 1 is 1.22 bits per heavy atom. The molecule has 2 aliphatic rings. The number of hydrogen-bond acceptors (Lipinski definition) is 7. The van der Waals surface area contributed by atoms with Gasteiger partial charge < -0.3 is 20.6 Å². The highest BCUT2D eigenvalue weighted by Gasteiger charge is 2.24. The van der Waals surface area contributed by atoms with E-state index in [2.05, 4.69) is 43.7 Å². The highest BCUT2D eigenvalue weighted by atomic mass is 16.3. The van der Waals surface area contributed by atoms with Gasteiger partial charge in [-0.2, -0.15) is 0 Å². The number of amides is 2. The van der Waals surface area contributed by atoms with Crippen molar-refractivity contribution in [2.24, 2.45) is 0 Å². The van der Waals surface area contributed by atoms with Crippen molar-refractivity contribution < 1.29 is 14.7 Å². The van der Waals surface area contributed by atoms with E-state index in [4.69, 9.17) is 0 Å². The van der Waals surface area contributed by atoms with E-state index in [9.17, 15) is 14.7 Å². The van der Waals surface area contributed by atoms with Crippen molar-refractivity contribution >= 4 is 17.6 Å². The molecule has 170 valence electrons. The largest absolute Gasteiger partial charge is 0.390 e. The van der Waals surface area contributed by atoms with Crippen LogP contribution in [0.3, 0.4) is 0 Å². The van der Waals surface area contributed by atoms with Crippen molar-refractivity contribution in [2.75, 3.05) is 38.0 Å². The smallest absolute Gasteiger partial charge is 0.270 e. The van der Waals surface area contributed by atoms with Crippen molar-refractivity contribution in [3.05, 3.63) is 53.5 Å². The van der Waals surface area contributed by atoms with Gasteiger partial charge in [0.15, 0.2) is 0 Å². The summed E-state index contributed by atoms with van der Waals surface area (Å²) in [5.41, 5.74) is 2.90. The number of nitrogens with zero attached hydrogens (tertiary/aromatic N) is 4. The maximum absolute atomic E-state index is 12.5. The summed E-state index contributed by atoms with van der Waals surface area (Å²) in [6, 6.07) is 10.1. The third kappa shape index (κ3) is 5.60. The van der Waals surface area contributed by atoms with Crippen LogP contribution in [0.1, 0.15) is 35.0 Å². The van der Waals surface area contributed by atoms with Crippen LogP contribution in [0.5, 0.6) is 0 Å². The van der Waals surface area contributed by atoms with Gasteiger partial charge in [0.2, 0.25) is 5.91 Å². The zero-order chi connectivity index (χ0) is 22.5. The lowest BCUT2D eigenvalue weighted by atomic mass is 10.00. The van der Waals surface area contributed by atoms with E-state index < -0.39 is 6.10 Å². The van der Waals surface area contributed by atoms with Crippen LogP contribution in [0.25, 0.3) is 0 Å². The predicted octanol–water partition coefficient (Wildman–Crippen LogP) is 0.658. The molecule has 9 heteroatoms. The lowest BCUT2D eigenvalue weighted by Gasteiger charge is -2.30. The second-order valence-electron chi connectivity index (χ2n) is 8.50. The van der Waals surface area contributed by atoms with Crippen LogP contribution in [0, 0.1) is 0 Å². The number of rotatable bonds is 7. The molecule has 2 unspecified atom stereocenters. The number of hydrogen-bond donors (Lipinski definition) is 3. The maximum atomic E-state index is 12.5. The van der Waals surface area contributed by atoms with E-state index in [-0.39, 0.29) is 30.1 Å². The number of anilines is 1. The SMILES string of the molecule is CC(=O)N1CCC(Nc2cc(C(=O)NCC(O)CN3CCc4ccccc4C3)ncn2)C1. The van der Waals surface area contributed by atoms with E-state index in [1.807, 2.05) is 6.07 Å². The Kier molecular flexibility index (Phi) is 6.96. The van der Waals surface area contributed by atoms with Gasteiger partial charge >= 0.3 is 0 Å². The van der Waals surface area contributed by atoms with Crippen molar-refractivity contribution in [1.29, 1.82) is 0 Å². The number of carbonyl (C=O) groups excluding carboxylic acids is 2. The molecule has 2 aliphatic heterocycles. The van der Waals surface area contributed by atoms with Gasteiger partial charge in [-0.05, 0) is 24.0 Å². The molecule has 4 rings (SSSR count). The number of aliphatic hydroxyl groups excluding tert-OH is 1. The van der Waals surface area contributed by atoms with Gasteiger partial charge in [-0.15, -0.1) is 0 Å². The number of aromatic nitrogens is 2. The number of aliphatic hydroxyl groups is 1. The summed E-state index contributed by atoms with van der Waals surface area (Å²) in [6.45, 7) is 5.25. The first-order valence-corrected chi connectivity index (χ1v) is 11.1. The lowest BCUT2D eigenvalue weighted by molar-refractivity contribution is -0.127. The Balaban J connectivity index is 1.24. The molecule has 0 radical (unpaired) electrons. The van der Waals surface area contributed by atoms with Gasteiger partial charge in [0.1, 0.15) is 17.8 Å². The summed E-state index contributed by atoms with van der Waals surface area (Å²) in [5, 5.41) is 16.5. The number of β-amino-alcohol motifs (C(OH)–C–C–N with tert-alkyl or cyclic N) is 1. The molecule has 1 saturated heterocycles. The van der Waals surface area contributed by atoms with Crippen molar-refractivity contribution in [3.8, 4) is 0 Å². The molecule has 2 aromatic rings. The van der Waals surface area contributed by atoms with Crippen LogP contribution in [0.2, 0.25) is 0 Å². The van der Waals surface area contributed by atoms with Crippen LogP contribution < -0.4 is 10.6 Å². The average molecular weight is 439 g/mol. The average Bonchev–Trinajstić information content (AvgIpc) is 3.26. The second-order valence-corrected chi connectivity index (χ2v) is 8.50. The van der Waals surface area contributed by atoms with Crippen LogP contribution in [-0.4, -0.2) is 81.6 Å². The molecule has 1 fully saturated rings. The normalized spacial score (nSPS) is 19.3. The fourth-order valence-electron chi connectivity index (χ4n) is 4.31. The first-order valence-electron chi connectivity index (χ1n) is 11.1. The molecular weight excluding hydrogens is 408 g/mol. The molecule has 9 nitrogen and oxygen atoms in total. The predicted molar refractivity (Wildman–Crippen MR) is 120 cm³/mol. The van der Waals surface area contributed by atoms with Gasteiger partial charge in [-0.1, -0.05) is 24.3 Å². The minimum Gasteiger partial charge on any atom is -0.390 e. The Bertz CT molecular complexity index is 968. The second kappa shape index (κ2) is 10.1. The van der Waals surface area contributed by atoms with E-state index in [0.717, 1.165) is 25.9 Å². The molecule has 3 N–H and O–H groups in total. The summed E-state index contributed by atoms with van der Waals surface area (Å²) >= 11 is 0. The molecule has 0 saturated carbocycles. The molecule has 32 heavy (non-hydrogen) atoms. The monoisotopic (exact) mass is 438 g/mol. The molecule has 0 bridgehead atoms. The minimum atomic E-state index is -0.667. The Morgan fingerprint density at radius 3 is 2.81 bits per heavy atom. The number of fused-ring (bicyclic) bond motifs is 1. The quantitative estimate of drug-likeness (QED) is 0.582. The van der Waals surface area contributed by atoms with Gasteiger partial charge in [-0.3, -0.25) is 14.5 Å². The maximum Gasteiger partial charge on any atom is 0.270 e. The first kappa shape index (κ1) is 22.2. The summed E-state index contributed by atoms with van der Waals surface area (Å²) in [5.74, 6) is 0.257. The molecule has 2 atom stereocenters. The van der Waals surface area contributed by atoms with Crippen LogP contribution in [0.4, 0.5) is 5.82 Å². The first-order chi connectivity index (χ1) is 15.5. The zero-order valence-corrected chi connectivity index (χ0v) is 18.3. The van der Waals surface area contributed by atoms with Gasteiger partial charge in [0.25, 0.3) is 5.91 Å². The molecule has 1 aromatic carbocycles. The zero-order valence-electron chi connectivity index (χ0n) is 18.3. The van der Waals surface area contributed by atoms with Gasteiger partial charge in [0.05, 0.1) is 6.10 Å². The number of benzene rings is 1. The molecule has 0 spiro atoms. The molecular formula is C23H30N6O3. The molecule has 1 aromatic heterocycles. The lowest BCUT2D eigenvalue weighted by Crippen LogP contribution is -2.42. The van der Waals surface area contributed by atoms with Gasteiger partial charge in [0, 0.05) is 58.3 Å². The van der Waals surface area contributed by atoms with Crippen molar-refractivity contribution in [2.45, 2.75) is 38.5 Å². The van der Waals surface area contributed by atoms with E-state index in [0.29, 0.717) is 25.5 Å². The third-order valence-electron chi connectivity index (χ3n) is 6.06. The Labute approximate surface area is 187 Å².